The van der Waals surface area contributed by atoms with Crippen molar-refractivity contribution in [3.8, 4) is 0 Å². The maximum atomic E-state index is 12.9. The molecule has 8 heteroatoms. The molecule has 0 radical (unpaired) electrons. The van der Waals surface area contributed by atoms with Crippen molar-refractivity contribution >= 4 is 34.5 Å². The third kappa shape index (κ3) is 4.69. The number of nitrogens with zero attached hydrogens (tertiary/aromatic N) is 2. The second-order valence-electron chi connectivity index (χ2n) is 7.77. The molecule has 1 aromatic carbocycles. The number of benzene rings is 1. The predicted octanol–water partition coefficient (Wildman–Crippen LogP) is 3.68. The van der Waals surface area contributed by atoms with Gasteiger partial charge in [-0.3, -0.25) is 19.1 Å². The van der Waals surface area contributed by atoms with Gasteiger partial charge in [-0.15, -0.1) is 0 Å². The van der Waals surface area contributed by atoms with Crippen molar-refractivity contribution in [2.75, 3.05) is 17.7 Å². The van der Waals surface area contributed by atoms with E-state index in [-0.39, 0.29) is 11.5 Å². The summed E-state index contributed by atoms with van der Waals surface area (Å²) in [5.74, 6) is 0.369. The number of para-hydroxylation sites is 1. The van der Waals surface area contributed by atoms with Gasteiger partial charge in [0.15, 0.2) is 5.69 Å². The summed E-state index contributed by atoms with van der Waals surface area (Å²) in [7, 11) is 1.47. The van der Waals surface area contributed by atoms with Crippen LogP contribution in [0.2, 0.25) is 0 Å². The van der Waals surface area contributed by atoms with Crippen LogP contribution in [0.3, 0.4) is 0 Å². The number of fused-ring (bicyclic) bond motifs is 1. The summed E-state index contributed by atoms with van der Waals surface area (Å²) in [6.07, 6.45) is 7.46. The highest BCUT2D eigenvalue weighted by Gasteiger charge is 2.20. The van der Waals surface area contributed by atoms with Gasteiger partial charge in [0.05, 0.1) is 0 Å². The number of aromatic nitrogens is 2. The third-order valence-corrected chi connectivity index (χ3v) is 5.48. The Labute approximate surface area is 186 Å². The number of hydrogen-bond donors (Lipinski definition) is 2. The summed E-state index contributed by atoms with van der Waals surface area (Å²) in [6, 6.07) is 7.68. The highest BCUT2D eigenvalue weighted by atomic mass is 16.3. The van der Waals surface area contributed by atoms with Crippen molar-refractivity contribution in [2.45, 2.75) is 52.5 Å². The lowest BCUT2D eigenvalue weighted by Gasteiger charge is -2.19. The smallest absolute Gasteiger partial charge is 0.330 e. The number of amides is 1. The topological polar surface area (TPSA) is 114 Å². The first-order valence-electron chi connectivity index (χ1n) is 11.0. The van der Waals surface area contributed by atoms with Crippen LogP contribution in [-0.4, -0.2) is 22.5 Å². The zero-order valence-corrected chi connectivity index (χ0v) is 18.8. The number of nitrogen functional groups attached to an aromatic ring is 1. The molecule has 8 nitrogen and oxygen atoms in total. The zero-order valence-electron chi connectivity index (χ0n) is 18.8. The Bertz CT molecular complexity index is 1250. The van der Waals surface area contributed by atoms with Crippen LogP contribution < -0.4 is 21.9 Å². The quantitative estimate of drug-likeness (QED) is 0.495. The van der Waals surface area contributed by atoms with Gasteiger partial charge >= 0.3 is 5.69 Å². The van der Waals surface area contributed by atoms with Gasteiger partial charge in [-0.25, -0.2) is 4.79 Å². The number of aromatic amines is 1. The standard InChI is InChI=1S/C24H30N4O4/c1-4-6-11-18-17(16-10-8-9-12-19(16)32-18)13-14-20(29)27(3)21-22(25)28(15-7-5-2)24(31)26-23(21)30/h8-10,12-14H,4-7,11,15,25H2,1-3H3,(H,26,30,31). The Morgan fingerprint density at radius 1 is 1.19 bits per heavy atom. The van der Waals surface area contributed by atoms with E-state index in [2.05, 4.69) is 11.9 Å². The van der Waals surface area contributed by atoms with Crippen molar-refractivity contribution in [1.82, 2.24) is 9.55 Å². The molecule has 1 amide bonds. The number of carbonyl (C=O) groups excluding carboxylic acids is 1. The monoisotopic (exact) mass is 438 g/mol. The van der Waals surface area contributed by atoms with Crippen LogP contribution in [-0.2, 0) is 17.8 Å². The minimum Gasteiger partial charge on any atom is -0.460 e. The molecule has 2 aromatic heterocycles. The molecule has 3 aromatic rings. The molecule has 3 rings (SSSR count). The summed E-state index contributed by atoms with van der Waals surface area (Å²) in [6.45, 7) is 4.46. The SMILES string of the molecule is CCCCc1oc2ccccc2c1C=CC(=O)N(C)c1c(N)n(CCCC)c(=O)[nH]c1=O. The molecule has 0 aliphatic heterocycles. The van der Waals surface area contributed by atoms with E-state index in [1.165, 1.54) is 22.6 Å². The fourth-order valence-electron chi connectivity index (χ4n) is 3.64. The molecule has 0 bridgehead atoms. The van der Waals surface area contributed by atoms with E-state index < -0.39 is 17.2 Å². The first kappa shape index (κ1) is 23.1. The van der Waals surface area contributed by atoms with Gasteiger partial charge in [0, 0.05) is 37.0 Å². The summed E-state index contributed by atoms with van der Waals surface area (Å²) in [5, 5.41) is 0.927. The Balaban J connectivity index is 1.95. The number of aryl methyl sites for hydroxylation is 1. The van der Waals surface area contributed by atoms with Crippen LogP contribution in [0.25, 0.3) is 17.0 Å². The summed E-state index contributed by atoms with van der Waals surface area (Å²) in [4.78, 5) is 40.9. The molecule has 0 aliphatic rings. The van der Waals surface area contributed by atoms with E-state index >= 15 is 0 Å². The average molecular weight is 439 g/mol. The van der Waals surface area contributed by atoms with E-state index in [4.69, 9.17) is 10.2 Å². The third-order valence-electron chi connectivity index (χ3n) is 5.48. The van der Waals surface area contributed by atoms with Crippen LogP contribution >= 0.6 is 0 Å². The van der Waals surface area contributed by atoms with Gasteiger partial charge in [-0.05, 0) is 25.0 Å². The molecule has 0 atom stereocenters. The van der Waals surface area contributed by atoms with Crippen LogP contribution in [0.4, 0.5) is 11.5 Å². The van der Waals surface area contributed by atoms with Crippen LogP contribution in [0.1, 0.15) is 50.9 Å². The van der Waals surface area contributed by atoms with E-state index in [1.807, 2.05) is 31.2 Å². The number of nitrogens with one attached hydrogen (secondary N) is 1. The molecule has 0 aliphatic carbocycles. The van der Waals surface area contributed by atoms with Gasteiger partial charge in [-0.1, -0.05) is 44.9 Å². The number of anilines is 2. The number of unbranched alkanes of at least 4 members (excludes halogenated alkanes) is 2. The molecule has 0 saturated heterocycles. The van der Waals surface area contributed by atoms with E-state index in [0.29, 0.717) is 6.54 Å². The molecule has 0 unspecified atom stereocenters. The predicted molar refractivity (Wildman–Crippen MR) is 128 cm³/mol. The molecule has 0 saturated carbocycles. The minimum atomic E-state index is -0.693. The van der Waals surface area contributed by atoms with E-state index in [9.17, 15) is 14.4 Å². The number of H-pyrrole nitrogens is 1. The molecule has 170 valence electrons. The lowest BCUT2D eigenvalue weighted by Crippen LogP contribution is -2.38. The molecular weight excluding hydrogens is 408 g/mol. The van der Waals surface area contributed by atoms with Crippen LogP contribution in [0.15, 0.2) is 44.3 Å². The number of furan rings is 1. The fourth-order valence-corrected chi connectivity index (χ4v) is 3.64. The van der Waals surface area contributed by atoms with E-state index in [1.54, 1.807) is 6.08 Å². The second kappa shape index (κ2) is 10.2. The van der Waals surface area contributed by atoms with Gasteiger partial charge in [0.25, 0.3) is 11.5 Å². The van der Waals surface area contributed by atoms with Crippen molar-refractivity contribution in [1.29, 1.82) is 0 Å². The van der Waals surface area contributed by atoms with Gasteiger partial charge in [-0.2, -0.15) is 0 Å². The number of carbonyl (C=O) groups is 1. The number of rotatable bonds is 9. The first-order valence-corrected chi connectivity index (χ1v) is 11.0. The second-order valence-corrected chi connectivity index (χ2v) is 7.77. The summed E-state index contributed by atoms with van der Waals surface area (Å²) < 4.78 is 7.29. The van der Waals surface area contributed by atoms with Crippen molar-refractivity contribution in [3.05, 3.63) is 62.5 Å². The normalized spacial score (nSPS) is 11.5. The Morgan fingerprint density at radius 3 is 2.62 bits per heavy atom. The lowest BCUT2D eigenvalue weighted by molar-refractivity contribution is -0.113. The maximum Gasteiger partial charge on any atom is 0.330 e. The largest absolute Gasteiger partial charge is 0.460 e. The number of likely N-dealkylation sites (N-methyl/N-ethyl adjacent to an activating group) is 1. The van der Waals surface area contributed by atoms with Gasteiger partial charge in [0.2, 0.25) is 0 Å². The Kier molecular flexibility index (Phi) is 7.35. The Hall–Kier alpha value is -3.55. The molecule has 0 fully saturated rings. The average Bonchev–Trinajstić information content (AvgIpc) is 3.12. The molecule has 3 N–H and O–H groups in total. The number of hydrogen-bond acceptors (Lipinski definition) is 5. The zero-order chi connectivity index (χ0) is 23.3. The highest BCUT2D eigenvalue weighted by Crippen LogP contribution is 2.28. The van der Waals surface area contributed by atoms with Crippen molar-refractivity contribution in [3.63, 3.8) is 0 Å². The van der Waals surface area contributed by atoms with Gasteiger partial charge in [0.1, 0.15) is 17.2 Å². The molecule has 2 heterocycles. The molecule has 0 spiro atoms. The number of nitrogens with two attached hydrogens (primary N) is 1. The molecular formula is C24H30N4O4. The minimum absolute atomic E-state index is 0.0196. The highest BCUT2D eigenvalue weighted by molar-refractivity contribution is 6.05. The lowest BCUT2D eigenvalue weighted by atomic mass is 10.1. The summed E-state index contributed by atoms with van der Waals surface area (Å²) >= 11 is 0. The van der Waals surface area contributed by atoms with Gasteiger partial charge < -0.3 is 15.1 Å². The van der Waals surface area contributed by atoms with Crippen LogP contribution in [0.5, 0.6) is 0 Å². The van der Waals surface area contributed by atoms with E-state index in [0.717, 1.165) is 54.4 Å². The summed E-state index contributed by atoms with van der Waals surface area (Å²) in [5.41, 5.74) is 6.42. The Morgan fingerprint density at radius 2 is 1.91 bits per heavy atom. The first-order chi connectivity index (χ1) is 15.4. The fraction of sp³-hybridized carbons (Fsp3) is 0.375. The maximum absolute atomic E-state index is 12.9. The molecule has 32 heavy (non-hydrogen) atoms. The van der Waals surface area contributed by atoms with Crippen LogP contribution in [0, 0.1) is 0 Å². The van der Waals surface area contributed by atoms with Crippen molar-refractivity contribution in [2.24, 2.45) is 0 Å². The van der Waals surface area contributed by atoms with Crippen molar-refractivity contribution < 1.29 is 9.21 Å².